The molecule has 7 aliphatic rings. The van der Waals surface area contributed by atoms with Crippen molar-refractivity contribution < 1.29 is 86.0 Å². The number of carbonyl (C=O) groups is 6. The van der Waals surface area contributed by atoms with Gasteiger partial charge in [0.2, 0.25) is 0 Å². The number of ether oxygens (including phenoxy) is 9. The van der Waals surface area contributed by atoms with Crippen LogP contribution in [-0.2, 0) is 71.4 Å². The van der Waals surface area contributed by atoms with Crippen molar-refractivity contribution in [3.8, 4) is 0 Å². The summed E-state index contributed by atoms with van der Waals surface area (Å²) < 4.78 is 63.8. The number of esters is 6. The van der Waals surface area contributed by atoms with Gasteiger partial charge >= 0.3 is 35.8 Å². The molecular formula is C42H52O18. The highest BCUT2D eigenvalue weighted by atomic mass is 16.9. The van der Waals surface area contributed by atoms with E-state index in [1.54, 1.807) is 41.5 Å². The summed E-state index contributed by atoms with van der Waals surface area (Å²) in [6, 6.07) is 1.50. The number of methoxy groups -OCH3 is 1. The Bertz CT molecular complexity index is 2110. The second kappa shape index (κ2) is 12.8. The lowest BCUT2D eigenvalue weighted by atomic mass is 9.32. The first-order chi connectivity index (χ1) is 27.9. The molecule has 60 heavy (non-hydrogen) atoms. The van der Waals surface area contributed by atoms with Gasteiger partial charge in [0.05, 0.1) is 36.5 Å². The van der Waals surface area contributed by atoms with Crippen LogP contribution < -0.4 is 0 Å². The summed E-state index contributed by atoms with van der Waals surface area (Å²) in [5.41, 5.74) is -15.0. The minimum Gasteiger partial charge on any atom is -0.512 e. The molecule has 1 aromatic rings. The van der Waals surface area contributed by atoms with Gasteiger partial charge in [-0.05, 0) is 18.4 Å². The molecule has 7 fully saturated rings. The van der Waals surface area contributed by atoms with Crippen LogP contribution in [0.4, 0.5) is 0 Å². The summed E-state index contributed by atoms with van der Waals surface area (Å²) in [7, 11) is 1.19. The zero-order valence-electron chi connectivity index (χ0n) is 35.4. The molecule has 4 aliphatic carbocycles. The molecule has 15 unspecified atom stereocenters. The van der Waals surface area contributed by atoms with Crippen molar-refractivity contribution in [2.75, 3.05) is 7.11 Å². The molecule has 1 aromatic heterocycles. The maximum absolute atomic E-state index is 14.8. The summed E-state index contributed by atoms with van der Waals surface area (Å²) in [5.74, 6) is -11.6. The second-order valence-corrected chi connectivity index (χ2v) is 18.4. The molecule has 18 nitrogen and oxygen atoms in total. The highest BCUT2D eigenvalue weighted by molar-refractivity contribution is 5.92. The number of allylic oxidation sites excluding steroid dienone is 1. The molecular weight excluding hydrogens is 792 g/mol. The van der Waals surface area contributed by atoms with E-state index in [9.17, 15) is 39.0 Å². The van der Waals surface area contributed by atoms with Crippen LogP contribution in [0.1, 0.15) is 100 Å². The van der Waals surface area contributed by atoms with Crippen LogP contribution in [0.3, 0.4) is 0 Å². The van der Waals surface area contributed by atoms with E-state index in [0.717, 1.165) is 20.8 Å². The molecule has 328 valence electrons. The third-order valence-electron chi connectivity index (χ3n) is 15.1. The Labute approximate surface area is 345 Å². The third-order valence-corrected chi connectivity index (χ3v) is 15.1. The van der Waals surface area contributed by atoms with Crippen LogP contribution in [0.15, 0.2) is 34.3 Å². The molecule has 2 spiro atoms. The Morgan fingerprint density at radius 2 is 1.53 bits per heavy atom. The minimum absolute atomic E-state index is 0.169. The largest absolute Gasteiger partial charge is 0.512 e. The Hall–Kier alpha value is -4.52. The average molecular weight is 845 g/mol. The van der Waals surface area contributed by atoms with E-state index >= 15 is 0 Å². The second-order valence-electron chi connectivity index (χ2n) is 18.4. The number of fused-ring (bicyclic) bond motifs is 3. The van der Waals surface area contributed by atoms with Gasteiger partial charge in [0.1, 0.15) is 23.6 Å². The minimum atomic E-state index is -2.63. The van der Waals surface area contributed by atoms with Crippen molar-refractivity contribution in [1.29, 1.82) is 0 Å². The number of cyclic esters (lactones) is 1. The zero-order chi connectivity index (χ0) is 44.1. The fourth-order valence-corrected chi connectivity index (χ4v) is 13.6. The quantitative estimate of drug-likeness (QED) is 0.157. The van der Waals surface area contributed by atoms with Gasteiger partial charge in [-0.1, -0.05) is 41.5 Å². The summed E-state index contributed by atoms with van der Waals surface area (Å²) in [6.07, 6.45) is -6.80. The molecule has 8 rings (SSSR count). The average Bonchev–Trinajstić information content (AvgIpc) is 3.86. The van der Waals surface area contributed by atoms with Crippen LogP contribution in [0, 0.1) is 34.0 Å². The van der Waals surface area contributed by atoms with Gasteiger partial charge in [-0.15, -0.1) is 0 Å². The van der Waals surface area contributed by atoms with E-state index in [-0.39, 0.29) is 18.4 Å². The Balaban J connectivity index is 1.61. The first-order valence-electron chi connectivity index (χ1n) is 20.1. The van der Waals surface area contributed by atoms with Crippen LogP contribution >= 0.6 is 0 Å². The number of hydrogen-bond acceptors (Lipinski definition) is 18. The maximum Gasteiger partial charge on any atom is 0.338 e. The maximum atomic E-state index is 14.8. The Kier molecular flexibility index (Phi) is 8.97. The fourth-order valence-electron chi connectivity index (χ4n) is 13.6. The zero-order valence-corrected chi connectivity index (χ0v) is 35.4. The van der Waals surface area contributed by atoms with Crippen molar-refractivity contribution in [3.63, 3.8) is 0 Å². The van der Waals surface area contributed by atoms with Crippen molar-refractivity contribution >= 4 is 35.8 Å². The topological polar surface area (TPSA) is 239 Å². The van der Waals surface area contributed by atoms with Gasteiger partial charge < -0.3 is 57.3 Å². The van der Waals surface area contributed by atoms with Crippen LogP contribution in [0.2, 0.25) is 0 Å². The van der Waals surface area contributed by atoms with Gasteiger partial charge in [-0.2, -0.15) is 0 Å². The molecule has 0 amide bonds. The summed E-state index contributed by atoms with van der Waals surface area (Å²) >= 11 is 0. The van der Waals surface area contributed by atoms with E-state index in [0.29, 0.717) is 0 Å². The van der Waals surface area contributed by atoms with E-state index in [1.807, 2.05) is 0 Å². The van der Waals surface area contributed by atoms with Crippen LogP contribution in [-0.4, -0.2) is 106 Å². The molecule has 15 atom stereocenters. The van der Waals surface area contributed by atoms with Gasteiger partial charge in [-0.25, -0.2) is 4.79 Å². The normalized spacial score (nSPS) is 47.1. The SMILES string of the molecule is CCC(O)=C1C(=O)OC(c2ccoc2)C2(C)C(OC(C)=O)C(OC(C)=O)C34OC5(C)OC3(C12)C(OC(C)=O)C1(O)C(OC(=O)C(C)C)C2(C)CC1(O5)C4(C)C2CC(=O)OC. The summed E-state index contributed by atoms with van der Waals surface area (Å²) in [4.78, 5) is 83.4. The predicted octanol–water partition coefficient (Wildman–Crippen LogP) is 3.42. The van der Waals surface area contributed by atoms with Gasteiger partial charge in [0, 0.05) is 62.8 Å². The summed E-state index contributed by atoms with van der Waals surface area (Å²) in [6.45, 7) is 14.4. The molecule has 2 N–H and O–H groups in total. The van der Waals surface area contributed by atoms with E-state index < -0.39 is 146 Å². The molecule has 3 saturated heterocycles. The number of hydrogen-bond donors (Lipinski definition) is 2. The monoisotopic (exact) mass is 844 g/mol. The van der Waals surface area contributed by atoms with Gasteiger partial charge in [0.15, 0.2) is 35.1 Å². The van der Waals surface area contributed by atoms with E-state index in [1.165, 1.54) is 32.6 Å². The Morgan fingerprint density at radius 1 is 0.900 bits per heavy atom. The number of aliphatic hydroxyl groups is 2. The lowest BCUT2D eigenvalue weighted by molar-refractivity contribution is -0.490. The number of furan rings is 1. The van der Waals surface area contributed by atoms with Crippen LogP contribution in [0.5, 0.6) is 0 Å². The molecule has 0 aromatic carbocycles. The predicted molar refractivity (Wildman–Crippen MR) is 196 cm³/mol. The third kappa shape index (κ3) is 4.52. The molecule has 4 heterocycles. The van der Waals surface area contributed by atoms with Crippen molar-refractivity contribution in [3.05, 3.63) is 35.5 Å². The smallest absolute Gasteiger partial charge is 0.338 e. The van der Waals surface area contributed by atoms with E-state index in [4.69, 9.17) is 47.0 Å². The highest BCUT2D eigenvalue weighted by Gasteiger charge is 3.07. The lowest BCUT2D eigenvalue weighted by Crippen LogP contribution is -2.97. The van der Waals surface area contributed by atoms with Crippen molar-refractivity contribution in [1.82, 2.24) is 0 Å². The number of aliphatic hydroxyl groups excluding tert-OH is 1. The fraction of sp³-hybridized carbons (Fsp3) is 0.714. The van der Waals surface area contributed by atoms with E-state index in [2.05, 4.69) is 0 Å². The lowest BCUT2D eigenvalue weighted by Gasteiger charge is -2.78. The molecule has 18 heteroatoms. The van der Waals surface area contributed by atoms with Gasteiger partial charge in [-0.3, -0.25) is 24.0 Å². The standard InChI is InChI=1S/C42H52O18/c1-12-23(46)26-27-36(8,28(56-32(26)49)22-13-14-52-16-22)29(53-19(4)43)30(54-20(5)44)42-37(9)24(15-25(47)51-11)35(7)17-39(37)40(50,33(35)57-31(48)18(2)3)34(55-21(6)45)41(27,42)59-38(10,58-39)60-42/h13-14,16,18,24,27-30,33-34,46,50H,12,15,17H2,1-11H3. The van der Waals surface area contributed by atoms with Crippen LogP contribution in [0.25, 0.3) is 0 Å². The first kappa shape index (κ1) is 42.2. The molecule has 0 radical (unpaired) electrons. The number of rotatable bonds is 9. The highest BCUT2D eigenvalue weighted by Crippen LogP contribution is 2.90. The first-order valence-corrected chi connectivity index (χ1v) is 20.1. The van der Waals surface area contributed by atoms with Crippen molar-refractivity contribution in [2.45, 2.75) is 147 Å². The molecule has 4 bridgehead atoms. The van der Waals surface area contributed by atoms with Gasteiger partial charge in [0.25, 0.3) is 5.97 Å². The molecule has 3 aliphatic heterocycles. The summed E-state index contributed by atoms with van der Waals surface area (Å²) in [5, 5.41) is 26.2. The Morgan fingerprint density at radius 3 is 2.08 bits per heavy atom. The van der Waals surface area contributed by atoms with Crippen molar-refractivity contribution in [2.24, 2.45) is 34.0 Å². The number of carbonyl (C=O) groups excluding carboxylic acids is 6. The molecule has 4 saturated carbocycles.